The first-order chi connectivity index (χ1) is 11.6. The maximum atomic E-state index is 12.2. The zero-order valence-electron chi connectivity index (χ0n) is 13.4. The quantitative estimate of drug-likeness (QED) is 0.680. The molecule has 0 radical (unpaired) electrons. The van der Waals surface area contributed by atoms with Crippen LogP contribution in [0.15, 0.2) is 51.8 Å². The minimum Gasteiger partial charge on any atom is -0.224 e. The lowest BCUT2D eigenvalue weighted by molar-refractivity contribution is 0.580. The molecule has 2 rings (SSSR count). The summed E-state index contributed by atoms with van der Waals surface area (Å²) in [6, 6.07) is 11.4. The summed E-state index contributed by atoms with van der Waals surface area (Å²) in [5.74, 6) is -0.179. The molecule has 0 aliphatic rings. The van der Waals surface area contributed by atoms with Crippen LogP contribution in [0.3, 0.4) is 0 Å². The van der Waals surface area contributed by atoms with E-state index in [2.05, 4.69) is 20.7 Å². The molecule has 0 heterocycles. The van der Waals surface area contributed by atoms with E-state index in [9.17, 15) is 16.8 Å². The second-order valence-electron chi connectivity index (χ2n) is 5.56. The number of halogens is 2. The van der Waals surface area contributed by atoms with Crippen LogP contribution in [-0.2, 0) is 32.0 Å². The molecule has 0 aliphatic heterocycles. The Hall–Kier alpha value is -0.930. The van der Waals surface area contributed by atoms with E-state index in [4.69, 9.17) is 11.6 Å². The molecule has 2 aromatic carbocycles. The molecule has 0 aliphatic carbocycles. The first-order valence-electron chi connectivity index (χ1n) is 7.27. The average Bonchev–Trinajstić information content (AvgIpc) is 2.50. The van der Waals surface area contributed by atoms with Gasteiger partial charge in [0, 0.05) is 22.3 Å². The number of sulfone groups is 1. The van der Waals surface area contributed by atoms with Gasteiger partial charge in [0.1, 0.15) is 0 Å². The summed E-state index contributed by atoms with van der Waals surface area (Å²) >= 11 is 9.21. The third-order valence-corrected chi connectivity index (χ3v) is 6.91. The molecule has 0 aromatic heterocycles. The van der Waals surface area contributed by atoms with Crippen molar-refractivity contribution in [2.75, 3.05) is 12.8 Å². The van der Waals surface area contributed by atoms with Gasteiger partial charge < -0.3 is 0 Å². The van der Waals surface area contributed by atoms with Crippen LogP contribution < -0.4 is 4.72 Å². The molecule has 0 unspecified atom stereocenters. The first-order valence-corrected chi connectivity index (χ1v) is 12.0. The Bertz CT molecular complexity index is 958. The lowest BCUT2D eigenvalue weighted by Gasteiger charge is -2.09. The topological polar surface area (TPSA) is 80.3 Å². The van der Waals surface area contributed by atoms with E-state index >= 15 is 0 Å². The number of hydrogen-bond donors (Lipinski definition) is 1. The van der Waals surface area contributed by atoms with Crippen LogP contribution in [-0.4, -0.2) is 29.6 Å². The maximum Gasteiger partial charge on any atom is 0.215 e. The van der Waals surface area contributed by atoms with Crippen LogP contribution in [0.4, 0.5) is 0 Å². The number of sulfonamides is 1. The molecule has 5 nitrogen and oxygen atoms in total. The molecule has 1 N–H and O–H groups in total. The van der Waals surface area contributed by atoms with Gasteiger partial charge in [0.25, 0.3) is 0 Å². The molecular weight excluding hydrogens is 450 g/mol. The maximum absolute atomic E-state index is 12.2. The second kappa shape index (κ2) is 8.18. The van der Waals surface area contributed by atoms with Gasteiger partial charge in [-0.05, 0) is 47.9 Å². The summed E-state index contributed by atoms with van der Waals surface area (Å²) in [7, 11) is -6.74. The minimum atomic E-state index is -3.51. The van der Waals surface area contributed by atoms with Gasteiger partial charge in [-0.1, -0.05) is 39.7 Å². The van der Waals surface area contributed by atoms with Crippen molar-refractivity contribution < 1.29 is 16.8 Å². The fraction of sp³-hybridized carbons (Fsp3) is 0.250. The number of nitrogens with one attached hydrogen (secondary N) is 1. The predicted octanol–water partition coefficient (Wildman–Crippen LogP) is 3.17. The molecule has 9 heteroatoms. The van der Waals surface area contributed by atoms with Crippen molar-refractivity contribution >= 4 is 47.4 Å². The molecule has 136 valence electrons. The molecule has 0 saturated carbocycles. The molecule has 25 heavy (non-hydrogen) atoms. The second-order valence-corrected chi connectivity index (χ2v) is 10.7. The van der Waals surface area contributed by atoms with Gasteiger partial charge in [-0.15, -0.1) is 0 Å². The van der Waals surface area contributed by atoms with Gasteiger partial charge >= 0.3 is 0 Å². The van der Waals surface area contributed by atoms with Gasteiger partial charge in [-0.25, -0.2) is 21.6 Å². The number of rotatable bonds is 7. The largest absolute Gasteiger partial charge is 0.224 e. The summed E-state index contributed by atoms with van der Waals surface area (Å²) < 4.78 is 50.4. The van der Waals surface area contributed by atoms with Crippen molar-refractivity contribution in [3.63, 3.8) is 0 Å². The van der Waals surface area contributed by atoms with Crippen molar-refractivity contribution in [1.82, 2.24) is 4.72 Å². The highest BCUT2D eigenvalue weighted by molar-refractivity contribution is 9.10. The first kappa shape index (κ1) is 20.4. The highest BCUT2D eigenvalue weighted by Gasteiger charge is 2.14. The zero-order valence-corrected chi connectivity index (χ0v) is 17.3. The van der Waals surface area contributed by atoms with Crippen LogP contribution in [0.5, 0.6) is 0 Å². The van der Waals surface area contributed by atoms with Crippen LogP contribution in [0.2, 0.25) is 5.02 Å². The van der Waals surface area contributed by atoms with Crippen LogP contribution in [0.25, 0.3) is 0 Å². The van der Waals surface area contributed by atoms with Gasteiger partial charge in [-0.2, -0.15) is 0 Å². The van der Waals surface area contributed by atoms with E-state index in [1.54, 1.807) is 30.3 Å². The van der Waals surface area contributed by atoms with E-state index in [1.807, 2.05) is 0 Å². The normalized spacial score (nSPS) is 12.3. The Morgan fingerprint density at radius 3 is 2.28 bits per heavy atom. The van der Waals surface area contributed by atoms with Crippen LogP contribution in [0.1, 0.15) is 11.1 Å². The van der Waals surface area contributed by atoms with E-state index < -0.39 is 19.9 Å². The van der Waals surface area contributed by atoms with Gasteiger partial charge in [-0.3, -0.25) is 0 Å². The minimum absolute atomic E-state index is 0.179. The van der Waals surface area contributed by atoms with Gasteiger partial charge in [0.15, 0.2) is 9.84 Å². The van der Waals surface area contributed by atoms with Crippen molar-refractivity contribution in [3.05, 3.63) is 63.1 Å². The van der Waals surface area contributed by atoms with Gasteiger partial charge in [0.05, 0.1) is 10.6 Å². The third kappa shape index (κ3) is 6.38. The molecule has 0 bridgehead atoms. The van der Waals surface area contributed by atoms with Crippen LogP contribution >= 0.6 is 27.5 Å². The Balaban J connectivity index is 1.95. The fourth-order valence-corrected chi connectivity index (χ4v) is 4.72. The monoisotopic (exact) mass is 465 g/mol. The summed E-state index contributed by atoms with van der Waals surface area (Å²) in [5.41, 5.74) is 1.43. The standard InChI is InChI=1S/C16H17BrClNO4S2/c1-24(20,21)15-5-2-12(3-6-15)8-9-19-25(22,23)11-13-10-14(18)4-7-16(13)17/h2-7,10,19H,8-9,11H2,1H3. The van der Waals surface area contributed by atoms with E-state index in [0.717, 1.165) is 11.8 Å². The summed E-state index contributed by atoms with van der Waals surface area (Å²) in [6.07, 6.45) is 1.60. The molecule has 2 aromatic rings. The molecule has 0 amide bonds. The van der Waals surface area contributed by atoms with Crippen molar-refractivity contribution in [1.29, 1.82) is 0 Å². The molecule has 0 spiro atoms. The van der Waals surface area contributed by atoms with Crippen molar-refractivity contribution in [3.8, 4) is 0 Å². The van der Waals surface area contributed by atoms with E-state index in [0.29, 0.717) is 21.5 Å². The molecule has 0 saturated heterocycles. The van der Waals surface area contributed by atoms with Crippen molar-refractivity contribution in [2.24, 2.45) is 0 Å². The Morgan fingerprint density at radius 2 is 1.68 bits per heavy atom. The SMILES string of the molecule is CS(=O)(=O)c1ccc(CCNS(=O)(=O)Cc2cc(Cl)ccc2Br)cc1. The summed E-state index contributed by atoms with van der Waals surface area (Å²) in [4.78, 5) is 0.239. The molecule has 0 fully saturated rings. The number of hydrogen-bond acceptors (Lipinski definition) is 4. The Labute approximate surface area is 161 Å². The lowest BCUT2D eigenvalue weighted by Crippen LogP contribution is -2.27. The predicted molar refractivity (Wildman–Crippen MR) is 103 cm³/mol. The van der Waals surface area contributed by atoms with E-state index in [1.165, 1.54) is 12.1 Å². The van der Waals surface area contributed by atoms with Crippen molar-refractivity contribution in [2.45, 2.75) is 17.1 Å². The van der Waals surface area contributed by atoms with Crippen LogP contribution in [0, 0.1) is 0 Å². The molecule has 0 atom stereocenters. The lowest BCUT2D eigenvalue weighted by atomic mass is 10.2. The van der Waals surface area contributed by atoms with Gasteiger partial charge in [0.2, 0.25) is 10.0 Å². The summed E-state index contributed by atoms with van der Waals surface area (Å²) in [6.45, 7) is 0.221. The summed E-state index contributed by atoms with van der Waals surface area (Å²) in [5, 5.41) is 0.472. The third-order valence-electron chi connectivity index (χ3n) is 3.44. The Morgan fingerprint density at radius 1 is 1.04 bits per heavy atom. The average molecular weight is 467 g/mol. The highest BCUT2D eigenvalue weighted by atomic mass is 79.9. The molecular formula is C16H17BrClNO4S2. The highest BCUT2D eigenvalue weighted by Crippen LogP contribution is 2.22. The fourth-order valence-electron chi connectivity index (χ4n) is 2.16. The zero-order chi connectivity index (χ0) is 18.7. The smallest absolute Gasteiger partial charge is 0.215 e. The number of benzene rings is 2. The Kier molecular flexibility index (Phi) is 6.67. The van der Waals surface area contributed by atoms with E-state index in [-0.39, 0.29) is 17.2 Å².